The third-order valence-corrected chi connectivity index (χ3v) is 2.62. The average molecular weight is 171 g/mol. The van der Waals surface area contributed by atoms with Crippen LogP contribution in [0.2, 0.25) is 0 Å². The molecule has 1 amide bonds. The Morgan fingerprint density at radius 1 is 1.58 bits per heavy atom. The molecule has 0 aromatic heterocycles. The summed E-state index contributed by atoms with van der Waals surface area (Å²) in [6.45, 7) is 0.509. The van der Waals surface area contributed by atoms with Crippen LogP contribution < -0.4 is 0 Å². The van der Waals surface area contributed by atoms with E-state index >= 15 is 0 Å². The van der Waals surface area contributed by atoms with Crippen molar-refractivity contribution in [3.63, 3.8) is 0 Å². The van der Waals surface area contributed by atoms with E-state index in [1.54, 1.807) is 4.90 Å². The van der Waals surface area contributed by atoms with E-state index in [2.05, 4.69) is 0 Å². The highest BCUT2D eigenvalue weighted by Gasteiger charge is 2.37. The number of carbonyl (C=O) groups is 1. The zero-order valence-corrected chi connectivity index (χ0v) is 6.90. The molecule has 2 aliphatic rings. The summed E-state index contributed by atoms with van der Waals surface area (Å²) >= 11 is 0. The number of aliphatic hydroxyl groups excluding tert-OH is 1. The Bertz CT molecular complexity index is 191. The molecule has 1 aliphatic heterocycles. The number of amides is 1. The largest absolute Gasteiger partial charge is 0.442 e. The molecule has 0 radical (unpaired) electrons. The number of rotatable bonds is 2. The van der Waals surface area contributed by atoms with Crippen molar-refractivity contribution in [3.8, 4) is 0 Å². The van der Waals surface area contributed by atoms with E-state index < -0.39 is 0 Å². The van der Waals surface area contributed by atoms with Gasteiger partial charge in [-0.15, -0.1) is 0 Å². The topological polar surface area (TPSA) is 49.8 Å². The van der Waals surface area contributed by atoms with Gasteiger partial charge in [0, 0.05) is 6.04 Å². The fourth-order valence-corrected chi connectivity index (χ4v) is 1.63. The van der Waals surface area contributed by atoms with Gasteiger partial charge in [-0.25, -0.2) is 4.79 Å². The van der Waals surface area contributed by atoms with Crippen LogP contribution in [0.25, 0.3) is 0 Å². The summed E-state index contributed by atoms with van der Waals surface area (Å²) in [6, 6.07) is 0.383. The molecule has 0 aromatic rings. The van der Waals surface area contributed by atoms with Gasteiger partial charge in [-0.1, -0.05) is 0 Å². The lowest BCUT2D eigenvalue weighted by molar-refractivity contribution is 0.0924. The standard InChI is InChI=1S/C8H13NO3/c10-5-7-4-9(8(11)12-7)6-2-1-3-6/h6-7,10H,1-5H2/t7-/m0/s1. The second-order valence-electron chi connectivity index (χ2n) is 3.43. The summed E-state index contributed by atoms with van der Waals surface area (Å²) in [7, 11) is 0. The molecule has 4 heteroatoms. The highest BCUT2D eigenvalue weighted by atomic mass is 16.6. The van der Waals surface area contributed by atoms with Crippen molar-refractivity contribution in [2.24, 2.45) is 0 Å². The van der Waals surface area contributed by atoms with E-state index in [1.807, 2.05) is 0 Å². The van der Waals surface area contributed by atoms with E-state index in [-0.39, 0.29) is 18.8 Å². The number of aliphatic hydroxyl groups is 1. The number of hydrogen-bond acceptors (Lipinski definition) is 3. The number of ether oxygens (including phenoxy) is 1. The first-order valence-corrected chi connectivity index (χ1v) is 4.39. The zero-order chi connectivity index (χ0) is 8.55. The highest BCUT2D eigenvalue weighted by molar-refractivity contribution is 5.70. The van der Waals surface area contributed by atoms with Crippen molar-refractivity contribution in [1.82, 2.24) is 4.90 Å². The van der Waals surface area contributed by atoms with Gasteiger partial charge in [-0.05, 0) is 19.3 Å². The maximum Gasteiger partial charge on any atom is 0.410 e. The number of carbonyl (C=O) groups excluding carboxylic acids is 1. The molecule has 1 N–H and O–H groups in total. The van der Waals surface area contributed by atoms with E-state index in [4.69, 9.17) is 9.84 Å². The lowest BCUT2D eigenvalue weighted by Crippen LogP contribution is -2.41. The fourth-order valence-electron chi connectivity index (χ4n) is 1.63. The van der Waals surface area contributed by atoms with Crippen molar-refractivity contribution in [1.29, 1.82) is 0 Å². The van der Waals surface area contributed by atoms with Crippen molar-refractivity contribution in [2.75, 3.05) is 13.2 Å². The molecule has 1 aliphatic carbocycles. The van der Waals surface area contributed by atoms with Gasteiger partial charge in [-0.2, -0.15) is 0 Å². The fraction of sp³-hybridized carbons (Fsp3) is 0.875. The third kappa shape index (κ3) is 1.16. The smallest absolute Gasteiger partial charge is 0.410 e. The second-order valence-corrected chi connectivity index (χ2v) is 3.43. The van der Waals surface area contributed by atoms with Gasteiger partial charge in [0.25, 0.3) is 0 Å². The summed E-state index contributed by atoms with van der Waals surface area (Å²) in [6.07, 6.45) is 2.84. The molecule has 1 saturated carbocycles. The van der Waals surface area contributed by atoms with Crippen LogP contribution in [-0.4, -0.2) is 41.4 Å². The molecule has 12 heavy (non-hydrogen) atoms. The van der Waals surface area contributed by atoms with Gasteiger partial charge in [0.15, 0.2) is 0 Å². The minimum Gasteiger partial charge on any atom is -0.442 e. The van der Waals surface area contributed by atoms with Gasteiger partial charge in [-0.3, -0.25) is 0 Å². The van der Waals surface area contributed by atoms with Gasteiger partial charge < -0.3 is 14.7 Å². The number of hydrogen-bond donors (Lipinski definition) is 1. The molecule has 4 nitrogen and oxygen atoms in total. The minimum atomic E-state index is -0.293. The minimum absolute atomic E-state index is 0.0606. The first kappa shape index (κ1) is 7.86. The van der Waals surface area contributed by atoms with Crippen LogP contribution in [-0.2, 0) is 4.74 Å². The van der Waals surface area contributed by atoms with Crippen molar-refractivity contribution >= 4 is 6.09 Å². The number of cyclic esters (lactones) is 1. The molecular formula is C8H13NO3. The van der Waals surface area contributed by atoms with E-state index in [1.165, 1.54) is 6.42 Å². The van der Waals surface area contributed by atoms with Crippen molar-refractivity contribution < 1.29 is 14.6 Å². The summed E-state index contributed by atoms with van der Waals surface area (Å²) in [5.74, 6) is 0. The maximum atomic E-state index is 11.2. The third-order valence-electron chi connectivity index (χ3n) is 2.62. The summed E-state index contributed by atoms with van der Waals surface area (Å²) in [5.41, 5.74) is 0. The van der Waals surface area contributed by atoms with E-state index in [9.17, 15) is 4.79 Å². The summed E-state index contributed by atoms with van der Waals surface area (Å²) in [5, 5.41) is 8.77. The van der Waals surface area contributed by atoms with Crippen molar-refractivity contribution in [2.45, 2.75) is 31.4 Å². The maximum absolute atomic E-state index is 11.2. The van der Waals surface area contributed by atoms with Crippen LogP contribution in [0.1, 0.15) is 19.3 Å². The predicted molar refractivity (Wildman–Crippen MR) is 41.7 cm³/mol. The molecule has 2 rings (SSSR count). The summed E-state index contributed by atoms with van der Waals surface area (Å²) in [4.78, 5) is 12.9. The first-order chi connectivity index (χ1) is 5.81. The molecule has 2 fully saturated rings. The Morgan fingerprint density at radius 3 is 2.75 bits per heavy atom. The average Bonchev–Trinajstić information content (AvgIpc) is 2.29. The molecule has 68 valence electrons. The van der Waals surface area contributed by atoms with Gasteiger partial charge in [0.1, 0.15) is 6.10 Å². The molecule has 1 atom stereocenters. The molecule has 1 heterocycles. The molecule has 1 saturated heterocycles. The quantitative estimate of drug-likeness (QED) is 0.652. The summed E-state index contributed by atoms with van der Waals surface area (Å²) < 4.78 is 4.92. The highest BCUT2D eigenvalue weighted by Crippen LogP contribution is 2.28. The zero-order valence-electron chi connectivity index (χ0n) is 6.90. The van der Waals surface area contributed by atoms with Gasteiger partial charge in [0.05, 0.1) is 13.2 Å². The van der Waals surface area contributed by atoms with Crippen LogP contribution in [0.5, 0.6) is 0 Å². The second kappa shape index (κ2) is 2.94. The molecule has 0 unspecified atom stereocenters. The molecule has 0 bridgehead atoms. The Labute approximate surface area is 71.1 Å². The van der Waals surface area contributed by atoms with Gasteiger partial charge in [0.2, 0.25) is 0 Å². The number of nitrogens with zero attached hydrogens (tertiary/aromatic N) is 1. The Morgan fingerprint density at radius 2 is 2.33 bits per heavy atom. The molecule has 0 aromatic carbocycles. The first-order valence-electron chi connectivity index (χ1n) is 4.39. The molecule has 0 spiro atoms. The van der Waals surface area contributed by atoms with Crippen LogP contribution in [0.3, 0.4) is 0 Å². The van der Waals surface area contributed by atoms with Crippen LogP contribution in [0.4, 0.5) is 4.79 Å². The monoisotopic (exact) mass is 171 g/mol. The van der Waals surface area contributed by atoms with Crippen molar-refractivity contribution in [3.05, 3.63) is 0 Å². The van der Waals surface area contributed by atoms with E-state index in [0.29, 0.717) is 12.6 Å². The van der Waals surface area contributed by atoms with Crippen LogP contribution in [0.15, 0.2) is 0 Å². The lowest BCUT2D eigenvalue weighted by atomic mass is 9.92. The lowest BCUT2D eigenvalue weighted by Gasteiger charge is -2.32. The van der Waals surface area contributed by atoms with E-state index in [0.717, 1.165) is 12.8 Å². The SMILES string of the molecule is O=C1O[C@H](CO)CN1C1CCC1. The Kier molecular flexibility index (Phi) is 1.92. The Hall–Kier alpha value is -0.770. The Balaban J connectivity index is 1.93. The van der Waals surface area contributed by atoms with Crippen LogP contribution >= 0.6 is 0 Å². The molecular weight excluding hydrogens is 158 g/mol. The normalized spacial score (nSPS) is 30.2. The van der Waals surface area contributed by atoms with Gasteiger partial charge >= 0.3 is 6.09 Å². The van der Waals surface area contributed by atoms with Crippen LogP contribution in [0, 0.1) is 0 Å². The predicted octanol–water partition coefficient (Wildman–Crippen LogP) is 0.352.